The van der Waals surface area contributed by atoms with Crippen molar-refractivity contribution >= 4 is 21.6 Å². The summed E-state index contributed by atoms with van der Waals surface area (Å²) >= 11 is 3.49. The molecule has 2 aromatic carbocycles. The van der Waals surface area contributed by atoms with Crippen LogP contribution in [0.2, 0.25) is 0 Å². The number of rotatable bonds is 5. The molecule has 1 N–H and O–H groups in total. The second kappa shape index (κ2) is 6.66. The number of ether oxygens (including phenoxy) is 2. The average molecular weight is 336 g/mol. The van der Waals surface area contributed by atoms with E-state index in [0.29, 0.717) is 0 Å². The van der Waals surface area contributed by atoms with Crippen molar-refractivity contribution in [2.45, 2.75) is 13.0 Å². The van der Waals surface area contributed by atoms with E-state index in [4.69, 9.17) is 9.47 Å². The Kier molecular flexibility index (Phi) is 4.90. The first-order valence-electron chi connectivity index (χ1n) is 6.38. The summed E-state index contributed by atoms with van der Waals surface area (Å²) in [6.07, 6.45) is 0. The molecular weight excluding hydrogens is 318 g/mol. The molecule has 106 valence electrons. The summed E-state index contributed by atoms with van der Waals surface area (Å²) in [5.74, 6) is 1.45. The second-order valence-corrected chi connectivity index (χ2v) is 5.41. The van der Waals surface area contributed by atoms with Gasteiger partial charge in [-0.1, -0.05) is 28.1 Å². The van der Waals surface area contributed by atoms with Gasteiger partial charge < -0.3 is 14.8 Å². The van der Waals surface area contributed by atoms with Gasteiger partial charge in [0, 0.05) is 22.3 Å². The molecule has 0 aromatic heterocycles. The number of benzene rings is 2. The highest BCUT2D eigenvalue weighted by atomic mass is 79.9. The first kappa shape index (κ1) is 14.7. The fourth-order valence-electron chi connectivity index (χ4n) is 2.04. The Morgan fingerprint density at radius 3 is 2.40 bits per heavy atom. The van der Waals surface area contributed by atoms with Crippen molar-refractivity contribution in [3.05, 3.63) is 52.5 Å². The number of hydrogen-bond donors (Lipinski definition) is 1. The van der Waals surface area contributed by atoms with Gasteiger partial charge in [-0.2, -0.15) is 0 Å². The van der Waals surface area contributed by atoms with Gasteiger partial charge in [-0.3, -0.25) is 0 Å². The van der Waals surface area contributed by atoms with E-state index in [1.807, 2.05) is 30.3 Å². The average Bonchev–Trinajstić information content (AvgIpc) is 2.47. The summed E-state index contributed by atoms with van der Waals surface area (Å²) in [5.41, 5.74) is 2.21. The van der Waals surface area contributed by atoms with Gasteiger partial charge in [-0.25, -0.2) is 0 Å². The molecule has 2 rings (SSSR count). The quantitative estimate of drug-likeness (QED) is 0.863. The fourth-order valence-corrected chi connectivity index (χ4v) is 2.45. The van der Waals surface area contributed by atoms with Gasteiger partial charge in [0.25, 0.3) is 0 Å². The van der Waals surface area contributed by atoms with E-state index in [9.17, 15) is 0 Å². The largest absolute Gasteiger partial charge is 0.493 e. The molecule has 1 atom stereocenters. The second-order valence-electron chi connectivity index (χ2n) is 4.49. The molecule has 20 heavy (non-hydrogen) atoms. The zero-order valence-electron chi connectivity index (χ0n) is 11.8. The molecule has 0 saturated heterocycles. The Hall–Kier alpha value is -1.68. The molecule has 0 aliphatic heterocycles. The van der Waals surface area contributed by atoms with Crippen LogP contribution < -0.4 is 14.8 Å². The zero-order valence-corrected chi connectivity index (χ0v) is 13.4. The lowest BCUT2D eigenvalue weighted by molar-refractivity contribution is 0.355. The van der Waals surface area contributed by atoms with Crippen LogP contribution in [0.25, 0.3) is 0 Å². The lowest BCUT2D eigenvalue weighted by Gasteiger charge is -2.17. The van der Waals surface area contributed by atoms with Crippen molar-refractivity contribution in [1.29, 1.82) is 0 Å². The van der Waals surface area contributed by atoms with Gasteiger partial charge in [0.1, 0.15) is 0 Å². The first-order valence-corrected chi connectivity index (χ1v) is 7.17. The minimum absolute atomic E-state index is 0.200. The van der Waals surface area contributed by atoms with Crippen LogP contribution in [0.5, 0.6) is 11.5 Å². The first-order chi connectivity index (χ1) is 9.63. The molecular formula is C16H18BrNO2. The van der Waals surface area contributed by atoms with E-state index >= 15 is 0 Å². The van der Waals surface area contributed by atoms with E-state index in [0.717, 1.165) is 21.7 Å². The molecule has 0 fully saturated rings. The van der Waals surface area contributed by atoms with Crippen LogP contribution >= 0.6 is 15.9 Å². The number of halogens is 1. The lowest BCUT2D eigenvalue weighted by atomic mass is 10.1. The standard InChI is InChI=1S/C16H18BrNO2/c1-11(12-5-4-6-13(17)9-12)18-14-7-8-15(19-2)16(10-14)20-3/h4-11,18H,1-3H3. The third kappa shape index (κ3) is 3.45. The van der Waals surface area contributed by atoms with Gasteiger partial charge in [0.05, 0.1) is 14.2 Å². The number of anilines is 1. The minimum Gasteiger partial charge on any atom is -0.493 e. The molecule has 2 aromatic rings. The summed E-state index contributed by atoms with van der Waals surface area (Å²) in [6, 6.07) is 14.3. The normalized spacial score (nSPS) is 11.8. The topological polar surface area (TPSA) is 30.5 Å². The summed E-state index contributed by atoms with van der Waals surface area (Å²) in [4.78, 5) is 0. The Bertz CT molecular complexity index is 586. The zero-order chi connectivity index (χ0) is 14.5. The molecule has 3 nitrogen and oxygen atoms in total. The predicted molar refractivity (Wildman–Crippen MR) is 85.7 cm³/mol. The van der Waals surface area contributed by atoms with Crippen LogP contribution in [0.4, 0.5) is 5.69 Å². The van der Waals surface area contributed by atoms with Gasteiger partial charge in [-0.05, 0) is 36.8 Å². The van der Waals surface area contributed by atoms with Crippen LogP contribution in [0.1, 0.15) is 18.5 Å². The Balaban J connectivity index is 2.17. The van der Waals surface area contributed by atoms with Crippen molar-refractivity contribution in [3.8, 4) is 11.5 Å². The van der Waals surface area contributed by atoms with Crippen molar-refractivity contribution in [2.75, 3.05) is 19.5 Å². The maximum Gasteiger partial charge on any atom is 0.162 e. The van der Waals surface area contributed by atoms with E-state index in [1.54, 1.807) is 14.2 Å². The molecule has 0 radical (unpaired) electrons. The van der Waals surface area contributed by atoms with Crippen LogP contribution in [0.15, 0.2) is 46.9 Å². The van der Waals surface area contributed by atoms with E-state index < -0.39 is 0 Å². The molecule has 0 heterocycles. The lowest BCUT2D eigenvalue weighted by Crippen LogP contribution is -2.06. The SMILES string of the molecule is COc1ccc(NC(C)c2cccc(Br)c2)cc1OC. The van der Waals surface area contributed by atoms with Gasteiger partial charge in [-0.15, -0.1) is 0 Å². The molecule has 0 bridgehead atoms. The summed E-state index contributed by atoms with van der Waals surface area (Å²) in [7, 11) is 3.27. The monoisotopic (exact) mass is 335 g/mol. The maximum atomic E-state index is 5.31. The number of nitrogens with one attached hydrogen (secondary N) is 1. The van der Waals surface area contributed by atoms with Crippen LogP contribution in [-0.2, 0) is 0 Å². The predicted octanol–water partition coefficient (Wildman–Crippen LogP) is 4.64. The van der Waals surface area contributed by atoms with E-state index in [-0.39, 0.29) is 6.04 Å². The summed E-state index contributed by atoms with van der Waals surface area (Å²) in [6.45, 7) is 2.12. The van der Waals surface area contributed by atoms with Crippen LogP contribution in [-0.4, -0.2) is 14.2 Å². The molecule has 0 aliphatic carbocycles. The van der Waals surface area contributed by atoms with Crippen molar-refractivity contribution in [1.82, 2.24) is 0 Å². The third-order valence-electron chi connectivity index (χ3n) is 3.12. The van der Waals surface area contributed by atoms with Gasteiger partial charge >= 0.3 is 0 Å². The van der Waals surface area contributed by atoms with Crippen molar-refractivity contribution in [2.24, 2.45) is 0 Å². The highest BCUT2D eigenvalue weighted by Crippen LogP contribution is 2.31. The molecule has 4 heteroatoms. The highest BCUT2D eigenvalue weighted by Gasteiger charge is 2.08. The Morgan fingerprint density at radius 1 is 1.00 bits per heavy atom. The molecule has 0 aliphatic rings. The number of methoxy groups -OCH3 is 2. The van der Waals surface area contributed by atoms with E-state index in [1.165, 1.54) is 5.56 Å². The molecule has 1 unspecified atom stereocenters. The highest BCUT2D eigenvalue weighted by molar-refractivity contribution is 9.10. The van der Waals surface area contributed by atoms with Crippen molar-refractivity contribution < 1.29 is 9.47 Å². The van der Waals surface area contributed by atoms with Crippen LogP contribution in [0, 0.1) is 0 Å². The van der Waals surface area contributed by atoms with Gasteiger partial charge in [0.2, 0.25) is 0 Å². The fraction of sp³-hybridized carbons (Fsp3) is 0.250. The molecule has 0 saturated carbocycles. The third-order valence-corrected chi connectivity index (χ3v) is 3.61. The maximum absolute atomic E-state index is 5.31. The van der Waals surface area contributed by atoms with Crippen LogP contribution in [0.3, 0.4) is 0 Å². The van der Waals surface area contributed by atoms with Gasteiger partial charge in [0.15, 0.2) is 11.5 Å². The van der Waals surface area contributed by atoms with E-state index in [2.05, 4.69) is 40.3 Å². The van der Waals surface area contributed by atoms with Crippen molar-refractivity contribution in [3.63, 3.8) is 0 Å². The minimum atomic E-state index is 0.200. The summed E-state index contributed by atoms with van der Waals surface area (Å²) < 4.78 is 11.6. The molecule has 0 amide bonds. The number of hydrogen-bond acceptors (Lipinski definition) is 3. The molecule has 0 spiro atoms. The Morgan fingerprint density at radius 2 is 1.75 bits per heavy atom. The summed E-state index contributed by atoms with van der Waals surface area (Å²) in [5, 5.41) is 3.46. The smallest absolute Gasteiger partial charge is 0.162 e. The Labute approximate surface area is 128 Å².